The van der Waals surface area contributed by atoms with Crippen LogP contribution < -0.4 is 14.8 Å². The van der Waals surface area contributed by atoms with Crippen molar-refractivity contribution in [1.29, 1.82) is 0 Å². The first-order valence-electron chi connectivity index (χ1n) is 7.19. The fraction of sp³-hybridized carbons (Fsp3) is 0.353. The average molecular weight is 319 g/mol. The second-order valence-corrected chi connectivity index (χ2v) is 5.00. The van der Waals surface area contributed by atoms with E-state index in [9.17, 15) is 4.79 Å². The number of hydrogen-bond donors (Lipinski definition) is 1. The quantitative estimate of drug-likeness (QED) is 0.849. The Morgan fingerprint density at radius 3 is 2.61 bits per heavy atom. The molecule has 6 heteroatoms. The number of hydrogen-bond acceptors (Lipinski definition) is 5. The van der Waals surface area contributed by atoms with Crippen LogP contribution in [0, 0.1) is 0 Å². The molecule has 124 valence electrons. The van der Waals surface area contributed by atoms with Crippen molar-refractivity contribution in [2.24, 2.45) is 0 Å². The van der Waals surface area contributed by atoms with Gasteiger partial charge in [0.25, 0.3) is 5.91 Å². The summed E-state index contributed by atoms with van der Waals surface area (Å²) in [6.45, 7) is 2.20. The monoisotopic (exact) mass is 319 g/mol. The molecule has 0 radical (unpaired) electrons. The number of benzene rings is 1. The highest BCUT2D eigenvalue weighted by Crippen LogP contribution is 2.29. The van der Waals surface area contributed by atoms with Gasteiger partial charge >= 0.3 is 0 Å². The SMILES string of the molecule is COCc1ccc(C(=O)NC(C)c2ccc(OC)cc2OC)o1. The minimum absolute atomic E-state index is 0.247. The van der Waals surface area contributed by atoms with E-state index in [1.54, 1.807) is 39.5 Å². The highest BCUT2D eigenvalue weighted by Gasteiger charge is 2.18. The Morgan fingerprint density at radius 1 is 1.17 bits per heavy atom. The third-order valence-electron chi connectivity index (χ3n) is 3.43. The van der Waals surface area contributed by atoms with Gasteiger partial charge in [-0.2, -0.15) is 0 Å². The molecule has 0 spiro atoms. The lowest BCUT2D eigenvalue weighted by Crippen LogP contribution is -2.26. The first-order chi connectivity index (χ1) is 11.1. The molecule has 6 nitrogen and oxygen atoms in total. The van der Waals surface area contributed by atoms with E-state index >= 15 is 0 Å². The summed E-state index contributed by atoms with van der Waals surface area (Å²) in [5, 5.41) is 2.89. The van der Waals surface area contributed by atoms with Gasteiger partial charge in [0, 0.05) is 18.7 Å². The Kier molecular flexibility index (Phi) is 5.65. The normalized spacial score (nSPS) is 11.8. The molecule has 1 unspecified atom stereocenters. The van der Waals surface area contributed by atoms with Crippen molar-refractivity contribution < 1.29 is 23.4 Å². The Labute approximate surface area is 135 Å². The van der Waals surface area contributed by atoms with Gasteiger partial charge in [0.05, 0.1) is 20.3 Å². The third kappa shape index (κ3) is 4.04. The summed E-state index contributed by atoms with van der Waals surface area (Å²) in [4.78, 5) is 12.3. The molecule has 1 N–H and O–H groups in total. The topological polar surface area (TPSA) is 69.9 Å². The van der Waals surface area contributed by atoms with Gasteiger partial charge in [-0.25, -0.2) is 0 Å². The predicted octanol–water partition coefficient (Wildman–Crippen LogP) is 2.93. The summed E-state index contributed by atoms with van der Waals surface area (Å²) in [5.74, 6) is 1.90. The zero-order valence-electron chi connectivity index (χ0n) is 13.7. The Hall–Kier alpha value is -2.47. The highest BCUT2D eigenvalue weighted by molar-refractivity contribution is 5.91. The molecule has 23 heavy (non-hydrogen) atoms. The van der Waals surface area contributed by atoms with E-state index in [-0.39, 0.29) is 17.7 Å². The molecule has 0 aliphatic carbocycles. The lowest BCUT2D eigenvalue weighted by Gasteiger charge is -2.17. The van der Waals surface area contributed by atoms with Crippen LogP contribution in [0.2, 0.25) is 0 Å². The number of furan rings is 1. The van der Waals surface area contributed by atoms with Crippen LogP contribution in [0.25, 0.3) is 0 Å². The van der Waals surface area contributed by atoms with Crippen molar-refractivity contribution in [2.75, 3.05) is 21.3 Å². The summed E-state index contributed by atoms with van der Waals surface area (Å²) >= 11 is 0. The Morgan fingerprint density at radius 2 is 1.96 bits per heavy atom. The Bertz CT molecular complexity index is 665. The van der Waals surface area contributed by atoms with Crippen molar-refractivity contribution in [3.05, 3.63) is 47.4 Å². The standard InChI is InChI=1S/C17H21NO5/c1-11(14-7-5-12(21-3)9-16(14)22-4)18-17(19)15-8-6-13(23-15)10-20-2/h5-9,11H,10H2,1-4H3,(H,18,19). The average Bonchev–Trinajstić information content (AvgIpc) is 3.03. The molecule has 0 saturated carbocycles. The molecule has 1 amide bonds. The van der Waals surface area contributed by atoms with Gasteiger partial charge in [0.2, 0.25) is 0 Å². The van der Waals surface area contributed by atoms with Crippen LogP contribution in [0.5, 0.6) is 11.5 Å². The van der Waals surface area contributed by atoms with E-state index < -0.39 is 0 Å². The maximum atomic E-state index is 12.3. The number of carbonyl (C=O) groups excluding carboxylic acids is 1. The summed E-state index contributed by atoms with van der Waals surface area (Å²) < 4.78 is 20.9. The fourth-order valence-corrected chi connectivity index (χ4v) is 2.24. The molecule has 0 bridgehead atoms. The van der Waals surface area contributed by atoms with Gasteiger partial charge in [0.15, 0.2) is 5.76 Å². The van der Waals surface area contributed by atoms with Crippen LogP contribution in [0.4, 0.5) is 0 Å². The second-order valence-electron chi connectivity index (χ2n) is 5.00. The summed E-state index contributed by atoms with van der Waals surface area (Å²) in [6, 6.07) is 8.56. The van der Waals surface area contributed by atoms with Gasteiger partial charge in [0.1, 0.15) is 23.9 Å². The van der Waals surface area contributed by atoms with E-state index in [4.69, 9.17) is 18.6 Å². The van der Waals surface area contributed by atoms with E-state index in [1.165, 1.54) is 0 Å². The number of carbonyl (C=O) groups is 1. The number of nitrogens with one attached hydrogen (secondary N) is 1. The lowest BCUT2D eigenvalue weighted by atomic mass is 10.1. The molecule has 2 rings (SSSR count). The number of methoxy groups -OCH3 is 3. The van der Waals surface area contributed by atoms with Gasteiger partial charge in [-0.05, 0) is 31.2 Å². The molecule has 2 aromatic rings. The molecule has 1 atom stereocenters. The lowest BCUT2D eigenvalue weighted by molar-refractivity contribution is 0.0903. The first-order valence-corrected chi connectivity index (χ1v) is 7.19. The minimum atomic E-state index is -0.294. The highest BCUT2D eigenvalue weighted by atomic mass is 16.5. The van der Waals surface area contributed by atoms with Gasteiger partial charge in [-0.3, -0.25) is 4.79 Å². The van der Waals surface area contributed by atoms with Crippen LogP contribution in [-0.4, -0.2) is 27.2 Å². The molecule has 1 aromatic heterocycles. The van der Waals surface area contributed by atoms with Crippen molar-refractivity contribution in [3.8, 4) is 11.5 Å². The van der Waals surface area contributed by atoms with Gasteiger partial charge in [-0.1, -0.05) is 0 Å². The molecule has 0 aliphatic heterocycles. The smallest absolute Gasteiger partial charge is 0.287 e. The predicted molar refractivity (Wildman–Crippen MR) is 84.8 cm³/mol. The van der Waals surface area contributed by atoms with Crippen LogP contribution in [0.1, 0.15) is 34.8 Å². The molecule has 1 heterocycles. The third-order valence-corrected chi connectivity index (χ3v) is 3.43. The van der Waals surface area contributed by atoms with E-state index in [0.29, 0.717) is 23.9 Å². The number of rotatable bonds is 7. The Balaban J connectivity index is 2.11. The van der Waals surface area contributed by atoms with Crippen LogP contribution in [0.15, 0.2) is 34.7 Å². The van der Waals surface area contributed by atoms with E-state index in [2.05, 4.69) is 5.32 Å². The molecule has 0 saturated heterocycles. The maximum absolute atomic E-state index is 12.3. The molecule has 0 fully saturated rings. The molecular formula is C17H21NO5. The van der Waals surface area contributed by atoms with Crippen LogP contribution >= 0.6 is 0 Å². The number of ether oxygens (including phenoxy) is 3. The van der Waals surface area contributed by atoms with Crippen molar-refractivity contribution in [3.63, 3.8) is 0 Å². The summed E-state index contributed by atoms with van der Waals surface area (Å²) in [6.07, 6.45) is 0. The maximum Gasteiger partial charge on any atom is 0.287 e. The van der Waals surface area contributed by atoms with Crippen molar-refractivity contribution in [1.82, 2.24) is 5.32 Å². The van der Waals surface area contributed by atoms with Crippen molar-refractivity contribution in [2.45, 2.75) is 19.6 Å². The minimum Gasteiger partial charge on any atom is -0.497 e. The fourth-order valence-electron chi connectivity index (χ4n) is 2.24. The summed E-state index contributed by atoms with van der Waals surface area (Å²) in [5.41, 5.74) is 0.852. The second kappa shape index (κ2) is 7.69. The molecule has 0 aliphatic rings. The zero-order chi connectivity index (χ0) is 16.8. The van der Waals surface area contributed by atoms with Crippen LogP contribution in [-0.2, 0) is 11.3 Å². The van der Waals surface area contributed by atoms with Crippen LogP contribution in [0.3, 0.4) is 0 Å². The first kappa shape index (κ1) is 16.9. The van der Waals surface area contributed by atoms with Gasteiger partial charge in [-0.15, -0.1) is 0 Å². The largest absolute Gasteiger partial charge is 0.497 e. The van der Waals surface area contributed by atoms with Crippen molar-refractivity contribution >= 4 is 5.91 Å². The molecule has 1 aromatic carbocycles. The van der Waals surface area contributed by atoms with E-state index in [0.717, 1.165) is 5.56 Å². The summed E-state index contributed by atoms with van der Waals surface area (Å²) in [7, 11) is 4.74. The van der Waals surface area contributed by atoms with Gasteiger partial charge < -0.3 is 23.9 Å². The number of amides is 1. The zero-order valence-corrected chi connectivity index (χ0v) is 13.7. The molecular weight excluding hydrogens is 298 g/mol. The van der Waals surface area contributed by atoms with E-state index in [1.807, 2.05) is 19.1 Å².